The summed E-state index contributed by atoms with van der Waals surface area (Å²) in [6.07, 6.45) is 0.623. The predicted molar refractivity (Wildman–Crippen MR) is 117 cm³/mol. The molecule has 0 atom stereocenters. The topological polar surface area (TPSA) is 59.3 Å². The van der Waals surface area contributed by atoms with E-state index in [9.17, 15) is 9.18 Å². The SMILES string of the molecule is CC(C)(C)c1ccc(C(=O)NCCc2csc3nc(-c4cccc(F)c4)nn23)cc1. The zero-order valence-corrected chi connectivity index (χ0v) is 18.0. The second-order valence-electron chi connectivity index (χ2n) is 8.20. The standard InChI is InChI=1S/C23H23FN4OS/c1-23(2,3)17-9-7-15(8-10-17)21(29)25-12-11-19-14-30-22-26-20(27-28(19)22)16-5-4-6-18(24)13-16/h4-10,13-14H,11-12H2,1-3H3,(H,25,29). The number of hydrogen-bond donors (Lipinski definition) is 1. The number of fused-ring (bicyclic) bond motifs is 1. The van der Waals surface area contributed by atoms with Crippen LogP contribution in [0.1, 0.15) is 42.4 Å². The minimum Gasteiger partial charge on any atom is -0.352 e. The van der Waals surface area contributed by atoms with Crippen molar-refractivity contribution in [1.29, 1.82) is 0 Å². The van der Waals surface area contributed by atoms with Crippen molar-refractivity contribution in [2.24, 2.45) is 0 Å². The van der Waals surface area contributed by atoms with Gasteiger partial charge in [0.25, 0.3) is 5.91 Å². The molecule has 30 heavy (non-hydrogen) atoms. The highest BCUT2D eigenvalue weighted by molar-refractivity contribution is 7.15. The van der Waals surface area contributed by atoms with Crippen LogP contribution < -0.4 is 5.32 Å². The molecule has 0 aliphatic carbocycles. The predicted octanol–water partition coefficient (Wildman–Crippen LogP) is 4.87. The Morgan fingerprint density at radius 3 is 2.63 bits per heavy atom. The molecule has 5 nitrogen and oxygen atoms in total. The van der Waals surface area contributed by atoms with Crippen molar-refractivity contribution >= 4 is 22.2 Å². The molecule has 0 aliphatic heterocycles. The van der Waals surface area contributed by atoms with Crippen molar-refractivity contribution in [3.63, 3.8) is 0 Å². The van der Waals surface area contributed by atoms with Gasteiger partial charge in [0.05, 0.1) is 5.69 Å². The highest BCUT2D eigenvalue weighted by Gasteiger charge is 2.15. The molecule has 0 unspecified atom stereocenters. The van der Waals surface area contributed by atoms with Crippen LogP contribution in [0.2, 0.25) is 0 Å². The summed E-state index contributed by atoms with van der Waals surface area (Å²) in [4.78, 5) is 17.7. The van der Waals surface area contributed by atoms with Crippen molar-refractivity contribution in [2.45, 2.75) is 32.6 Å². The van der Waals surface area contributed by atoms with Crippen molar-refractivity contribution < 1.29 is 9.18 Å². The fourth-order valence-electron chi connectivity index (χ4n) is 3.17. The van der Waals surface area contributed by atoms with E-state index in [2.05, 4.69) is 36.2 Å². The molecule has 2 aromatic heterocycles. The van der Waals surface area contributed by atoms with Gasteiger partial charge in [-0.3, -0.25) is 4.79 Å². The number of nitrogens with zero attached hydrogens (tertiary/aromatic N) is 3. The van der Waals surface area contributed by atoms with Gasteiger partial charge >= 0.3 is 0 Å². The molecule has 4 aromatic rings. The number of rotatable bonds is 5. The molecule has 0 spiro atoms. The summed E-state index contributed by atoms with van der Waals surface area (Å²) in [6, 6.07) is 14.0. The molecule has 0 radical (unpaired) electrons. The van der Waals surface area contributed by atoms with Crippen molar-refractivity contribution in [1.82, 2.24) is 19.9 Å². The molecule has 7 heteroatoms. The fourth-order valence-corrected chi connectivity index (χ4v) is 4.03. The molecule has 0 bridgehead atoms. The zero-order valence-electron chi connectivity index (χ0n) is 17.1. The van der Waals surface area contributed by atoms with E-state index in [1.54, 1.807) is 16.6 Å². The Morgan fingerprint density at radius 1 is 1.17 bits per heavy atom. The lowest BCUT2D eigenvalue weighted by Gasteiger charge is -2.19. The molecule has 0 saturated carbocycles. The Balaban J connectivity index is 1.41. The average molecular weight is 423 g/mol. The molecule has 0 saturated heterocycles. The van der Waals surface area contributed by atoms with Crippen molar-refractivity contribution in [2.75, 3.05) is 6.54 Å². The van der Waals surface area contributed by atoms with Crippen LogP contribution in [0.5, 0.6) is 0 Å². The lowest BCUT2D eigenvalue weighted by Crippen LogP contribution is -2.26. The quantitative estimate of drug-likeness (QED) is 0.499. The molecule has 4 rings (SSSR count). The Kier molecular flexibility index (Phi) is 5.39. The third-order valence-electron chi connectivity index (χ3n) is 4.91. The van der Waals surface area contributed by atoms with E-state index in [-0.39, 0.29) is 17.1 Å². The van der Waals surface area contributed by atoms with Gasteiger partial charge in [-0.05, 0) is 35.2 Å². The number of carbonyl (C=O) groups excluding carboxylic acids is 1. The summed E-state index contributed by atoms with van der Waals surface area (Å²) in [5.41, 5.74) is 3.49. The van der Waals surface area contributed by atoms with E-state index < -0.39 is 0 Å². The molecule has 2 heterocycles. The minimum absolute atomic E-state index is 0.0570. The Morgan fingerprint density at radius 2 is 1.93 bits per heavy atom. The summed E-state index contributed by atoms with van der Waals surface area (Å²) in [6.45, 7) is 6.93. The summed E-state index contributed by atoms with van der Waals surface area (Å²) in [5, 5.41) is 9.45. The van der Waals surface area contributed by atoms with E-state index in [1.807, 2.05) is 29.6 Å². The monoisotopic (exact) mass is 422 g/mol. The number of aromatic nitrogens is 3. The Hall–Kier alpha value is -3.06. The Bertz CT molecular complexity index is 1190. The molecule has 154 valence electrons. The second-order valence-corrected chi connectivity index (χ2v) is 9.04. The van der Waals surface area contributed by atoms with E-state index in [1.165, 1.54) is 29.0 Å². The highest BCUT2D eigenvalue weighted by Crippen LogP contribution is 2.23. The first kappa shape index (κ1) is 20.2. The Labute approximate surface area is 178 Å². The number of nitrogens with one attached hydrogen (secondary N) is 1. The highest BCUT2D eigenvalue weighted by atomic mass is 32.1. The van der Waals surface area contributed by atoms with Gasteiger partial charge in [0.1, 0.15) is 5.82 Å². The molecule has 0 fully saturated rings. The first-order chi connectivity index (χ1) is 14.3. The summed E-state index contributed by atoms with van der Waals surface area (Å²) in [5.74, 6) is 0.0793. The van der Waals surface area contributed by atoms with E-state index >= 15 is 0 Å². The normalized spacial score (nSPS) is 11.7. The number of carbonyl (C=O) groups is 1. The maximum atomic E-state index is 13.5. The molecule has 0 aliphatic rings. The third kappa shape index (κ3) is 4.26. The van der Waals surface area contributed by atoms with Crippen LogP contribution in [0.3, 0.4) is 0 Å². The van der Waals surface area contributed by atoms with Gasteiger partial charge in [-0.25, -0.2) is 8.91 Å². The van der Waals surface area contributed by atoms with Gasteiger partial charge in [-0.2, -0.15) is 4.98 Å². The lowest BCUT2D eigenvalue weighted by atomic mass is 9.87. The average Bonchev–Trinajstić information content (AvgIpc) is 3.29. The maximum absolute atomic E-state index is 13.5. The molecular weight excluding hydrogens is 399 g/mol. The van der Waals surface area contributed by atoms with Gasteiger partial charge in [0, 0.05) is 29.5 Å². The van der Waals surface area contributed by atoms with Crippen LogP contribution in [0.25, 0.3) is 16.3 Å². The zero-order chi connectivity index (χ0) is 21.3. The van der Waals surface area contributed by atoms with Crippen LogP contribution in [-0.4, -0.2) is 27.0 Å². The summed E-state index contributed by atoms with van der Waals surface area (Å²) < 4.78 is 15.2. The number of benzene rings is 2. The van der Waals surface area contributed by atoms with Crippen LogP contribution in [0.15, 0.2) is 53.9 Å². The van der Waals surface area contributed by atoms with Crippen molar-refractivity contribution in [3.8, 4) is 11.4 Å². The smallest absolute Gasteiger partial charge is 0.251 e. The minimum atomic E-state index is -0.316. The van der Waals surface area contributed by atoms with Crippen LogP contribution >= 0.6 is 11.3 Å². The molecule has 2 aromatic carbocycles. The van der Waals surface area contributed by atoms with Crippen LogP contribution in [0, 0.1) is 5.82 Å². The lowest BCUT2D eigenvalue weighted by molar-refractivity contribution is 0.0954. The van der Waals surface area contributed by atoms with E-state index in [0.717, 1.165) is 10.7 Å². The van der Waals surface area contributed by atoms with E-state index in [0.29, 0.717) is 29.9 Å². The number of hydrogen-bond acceptors (Lipinski definition) is 4. The first-order valence-corrected chi connectivity index (χ1v) is 10.7. The van der Waals surface area contributed by atoms with Gasteiger partial charge in [0.15, 0.2) is 5.82 Å². The molecule has 1 N–H and O–H groups in total. The number of halogens is 1. The van der Waals surface area contributed by atoms with Gasteiger partial charge in [-0.15, -0.1) is 16.4 Å². The second kappa shape index (κ2) is 7.99. The van der Waals surface area contributed by atoms with Crippen LogP contribution in [-0.2, 0) is 11.8 Å². The molecule has 1 amide bonds. The third-order valence-corrected chi connectivity index (χ3v) is 5.78. The van der Waals surface area contributed by atoms with E-state index in [4.69, 9.17) is 0 Å². The maximum Gasteiger partial charge on any atom is 0.251 e. The number of thiazole rings is 1. The van der Waals surface area contributed by atoms with Gasteiger partial charge < -0.3 is 5.32 Å². The largest absolute Gasteiger partial charge is 0.352 e. The van der Waals surface area contributed by atoms with Crippen molar-refractivity contribution in [3.05, 3.63) is 76.5 Å². The first-order valence-electron chi connectivity index (χ1n) is 9.79. The number of amides is 1. The summed E-state index contributed by atoms with van der Waals surface area (Å²) in [7, 11) is 0. The molecular formula is C23H23FN4OS. The van der Waals surface area contributed by atoms with Gasteiger partial charge in [-0.1, -0.05) is 45.0 Å². The van der Waals surface area contributed by atoms with Crippen LogP contribution in [0.4, 0.5) is 4.39 Å². The summed E-state index contributed by atoms with van der Waals surface area (Å²) >= 11 is 1.48. The van der Waals surface area contributed by atoms with Gasteiger partial charge in [0.2, 0.25) is 4.96 Å². The fraction of sp³-hybridized carbons (Fsp3) is 0.261.